The maximum atomic E-state index is 14.2. The first-order valence-corrected chi connectivity index (χ1v) is 15.9. The highest BCUT2D eigenvalue weighted by Gasteiger charge is 2.37. The van der Waals surface area contributed by atoms with Crippen LogP contribution in [0.15, 0.2) is 18.2 Å². The number of unbranched alkanes of at least 4 members (excludes halogenated alkanes) is 5. The maximum absolute atomic E-state index is 14.2. The van der Waals surface area contributed by atoms with Gasteiger partial charge in [-0.2, -0.15) is 12.6 Å². The van der Waals surface area contributed by atoms with E-state index in [2.05, 4.69) is 30.2 Å². The van der Waals surface area contributed by atoms with Crippen molar-refractivity contribution in [3.8, 4) is 0 Å². The number of alkyl carbamates (subject to hydrolysis) is 1. The number of ether oxygens (including phenoxy) is 1. The quantitative estimate of drug-likeness (QED) is 0.168. The predicted molar refractivity (Wildman–Crippen MR) is 166 cm³/mol. The van der Waals surface area contributed by atoms with Gasteiger partial charge in [-0.05, 0) is 70.6 Å². The highest BCUT2D eigenvalue weighted by molar-refractivity contribution is 7.80. The predicted octanol–water partition coefficient (Wildman–Crippen LogP) is 6.81. The van der Waals surface area contributed by atoms with Gasteiger partial charge in [0.05, 0.1) is 0 Å². The summed E-state index contributed by atoms with van der Waals surface area (Å²) < 4.78 is 5.43. The molecular formula is C32H53N3O4S. The fourth-order valence-electron chi connectivity index (χ4n) is 5.48. The number of benzene rings is 1. The van der Waals surface area contributed by atoms with E-state index in [-0.39, 0.29) is 23.6 Å². The van der Waals surface area contributed by atoms with E-state index in [9.17, 15) is 14.4 Å². The van der Waals surface area contributed by atoms with Gasteiger partial charge in [0.2, 0.25) is 11.8 Å². The zero-order valence-electron chi connectivity index (χ0n) is 25.7. The van der Waals surface area contributed by atoms with Gasteiger partial charge in [-0.1, -0.05) is 76.5 Å². The van der Waals surface area contributed by atoms with Crippen LogP contribution in [-0.2, 0) is 14.3 Å². The standard InChI is InChI=1S/C32H53N3O4S/c1-7-8-9-10-11-15-21-35(30(37)26(22-40)34-31(38)39-32(4,5)6)28(27-23(2)17-16-18-24(27)3)29(36)33-25-19-13-12-14-20-25/h16-18,25-26,28,40H,7-15,19-22H2,1-6H3,(H,33,36)(H,34,38). The molecule has 0 bridgehead atoms. The first kappa shape index (κ1) is 34.0. The maximum Gasteiger partial charge on any atom is 0.408 e. The number of rotatable bonds is 14. The van der Waals surface area contributed by atoms with E-state index >= 15 is 0 Å². The Kier molecular flexibility index (Phi) is 14.4. The Morgan fingerprint density at radius 2 is 1.60 bits per heavy atom. The van der Waals surface area contributed by atoms with E-state index in [1.807, 2.05) is 32.0 Å². The fraction of sp³-hybridized carbons (Fsp3) is 0.719. The average molecular weight is 576 g/mol. The smallest absolute Gasteiger partial charge is 0.408 e. The summed E-state index contributed by atoms with van der Waals surface area (Å²) in [7, 11) is 0. The normalized spacial score (nSPS) is 15.7. The lowest BCUT2D eigenvalue weighted by Crippen LogP contribution is -2.55. The number of thiol groups is 1. The van der Waals surface area contributed by atoms with Crippen LogP contribution < -0.4 is 10.6 Å². The molecule has 40 heavy (non-hydrogen) atoms. The Morgan fingerprint density at radius 1 is 1.00 bits per heavy atom. The molecule has 0 aromatic heterocycles. The molecular weight excluding hydrogens is 522 g/mol. The highest BCUT2D eigenvalue weighted by atomic mass is 32.1. The fourth-order valence-corrected chi connectivity index (χ4v) is 5.73. The molecule has 0 saturated heterocycles. The monoisotopic (exact) mass is 575 g/mol. The largest absolute Gasteiger partial charge is 0.444 e. The molecule has 1 aromatic carbocycles. The molecule has 1 aliphatic carbocycles. The Balaban J connectivity index is 2.43. The minimum Gasteiger partial charge on any atom is -0.444 e. The highest BCUT2D eigenvalue weighted by Crippen LogP contribution is 2.30. The molecule has 7 nitrogen and oxygen atoms in total. The van der Waals surface area contributed by atoms with Crippen molar-refractivity contribution in [3.05, 3.63) is 34.9 Å². The summed E-state index contributed by atoms with van der Waals surface area (Å²) in [5.74, 6) is -0.380. The minimum atomic E-state index is -0.924. The number of hydrogen-bond acceptors (Lipinski definition) is 5. The van der Waals surface area contributed by atoms with Crippen LogP contribution >= 0.6 is 12.6 Å². The lowest BCUT2D eigenvalue weighted by molar-refractivity contribution is -0.142. The number of amides is 3. The average Bonchev–Trinajstić information content (AvgIpc) is 2.89. The molecule has 2 rings (SSSR count). The van der Waals surface area contributed by atoms with Gasteiger partial charge in [0.15, 0.2) is 0 Å². The summed E-state index contributed by atoms with van der Waals surface area (Å²) in [6.45, 7) is 11.9. The van der Waals surface area contributed by atoms with Gasteiger partial charge < -0.3 is 20.3 Å². The van der Waals surface area contributed by atoms with Crippen LogP contribution in [0.5, 0.6) is 0 Å². The van der Waals surface area contributed by atoms with Gasteiger partial charge >= 0.3 is 6.09 Å². The molecule has 0 heterocycles. The summed E-state index contributed by atoms with van der Waals surface area (Å²) in [6.07, 6.45) is 11.0. The zero-order chi connectivity index (χ0) is 29.7. The topological polar surface area (TPSA) is 87.7 Å². The van der Waals surface area contributed by atoms with Crippen molar-refractivity contribution in [2.75, 3.05) is 12.3 Å². The third kappa shape index (κ3) is 11.0. The minimum absolute atomic E-state index is 0.0921. The van der Waals surface area contributed by atoms with Crippen LogP contribution in [0.2, 0.25) is 0 Å². The Hall–Kier alpha value is -2.22. The van der Waals surface area contributed by atoms with Gasteiger partial charge in [-0.25, -0.2) is 4.79 Å². The van der Waals surface area contributed by atoms with Crippen LogP contribution in [0.1, 0.15) is 121 Å². The van der Waals surface area contributed by atoms with Gasteiger partial charge in [-0.3, -0.25) is 9.59 Å². The first-order chi connectivity index (χ1) is 19.0. The second kappa shape index (κ2) is 16.9. The van der Waals surface area contributed by atoms with Crippen molar-refractivity contribution in [2.45, 2.75) is 136 Å². The summed E-state index contributed by atoms with van der Waals surface area (Å²) in [4.78, 5) is 42.7. The van der Waals surface area contributed by atoms with Crippen molar-refractivity contribution in [2.24, 2.45) is 0 Å². The van der Waals surface area contributed by atoms with E-state index in [4.69, 9.17) is 4.74 Å². The molecule has 1 aromatic rings. The Bertz CT molecular complexity index is 936. The molecule has 226 valence electrons. The number of hydrogen-bond donors (Lipinski definition) is 3. The molecule has 2 atom stereocenters. The van der Waals surface area contributed by atoms with Gasteiger partial charge in [0.1, 0.15) is 17.7 Å². The van der Waals surface area contributed by atoms with Crippen molar-refractivity contribution < 1.29 is 19.1 Å². The second-order valence-corrected chi connectivity index (χ2v) is 12.6. The molecule has 8 heteroatoms. The van der Waals surface area contributed by atoms with Crippen molar-refractivity contribution in [3.63, 3.8) is 0 Å². The van der Waals surface area contributed by atoms with Crippen LogP contribution in [0.25, 0.3) is 0 Å². The second-order valence-electron chi connectivity index (χ2n) is 12.2. The van der Waals surface area contributed by atoms with Gasteiger partial charge in [0.25, 0.3) is 0 Å². The summed E-state index contributed by atoms with van der Waals surface area (Å²) in [5.41, 5.74) is 2.08. The lowest BCUT2D eigenvalue weighted by atomic mass is 9.91. The van der Waals surface area contributed by atoms with E-state index in [0.29, 0.717) is 6.54 Å². The van der Waals surface area contributed by atoms with Crippen molar-refractivity contribution in [1.82, 2.24) is 15.5 Å². The number of nitrogens with zero attached hydrogens (tertiary/aromatic N) is 1. The molecule has 1 saturated carbocycles. The van der Waals surface area contributed by atoms with E-state index in [0.717, 1.165) is 68.1 Å². The zero-order valence-corrected chi connectivity index (χ0v) is 26.6. The van der Waals surface area contributed by atoms with Crippen molar-refractivity contribution >= 4 is 30.5 Å². The molecule has 0 radical (unpaired) electrons. The van der Waals surface area contributed by atoms with Gasteiger partial charge in [-0.15, -0.1) is 0 Å². The van der Waals surface area contributed by atoms with E-state index in [1.54, 1.807) is 25.7 Å². The lowest BCUT2D eigenvalue weighted by Gasteiger charge is -2.36. The van der Waals surface area contributed by atoms with Crippen LogP contribution in [0.4, 0.5) is 4.79 Å². The SMILES string of the molecule is CCCCCCCCN(C(=O)C(CS)NC(=O)OC(C)(C)C)C(C(=O)NC1CCCCC1)c1c(C)cccc1C. The molecule has 2 N–H and O–H groups in total. The van der Waals surface area contributed by atoms with Crippen LogP contribution in [-0.4, -0.2) is 52.8 Å². The number of carbonyl (C=O) groups excluding carboxylic acids is 3. The summed E-state index contributed by atoms with van der Waals surface area (Å²) in [5, 5.41) is 6.01. The number of nitrogens with one attached hydrogen (secondary N) is 2. The van der Waals surface area contributed by atoms with Crippen LogP contribution in [0, 0.1) is 13.8 Å². The van der Waals surface area contributed by atoms with Gasteiger partial charge in [0, 0.05) is 18.3 Å². The molecule has 1 aliphatic rings. The third-order valence-corrected chi connectivity index (χ3v) is 7.90. The number of aryl methyl sites for hydroxylation is 2. The summed E-state index contributed by atoms with van der Waals surface area (Å²) in [6, 6.07) is 4.35. The Labute approximate surface area is 248 Å². The summed E-state index contributed by atoms with van der Waals surface area (Å²) >= 11 is 4.42. The van der Waals surface area contributed by atoms with E-state index in [1.165, 1.54) is 19.3 Å². The third-order valence-electron chi connectivity index (χ3n) is 7.53. The van der Waals surface area contributed by atoms with E-state index < -0.39 is 23.8 Å². The molecule has 2 unspecified atom stereocenters. The molecule has 0 aliphatic heterocycles. The molecule has 0 spiro atoms. The Morgan fingerprint density at radius 3 is 2.17 bits per heavy atom. The molecule has 3 amide bonds. The van der Waals surface area contributed by atoms with Crippen molar-refractivity contribution in [1.29, 1.82) is 0 Å². The number of carbonyl (C=O) groups is 3. The van der Waals surface area contributed by atoms with Crippen LogP contribution in [0.3, 0.4) is 0 Å². The molecule has 1 fully saturated rings. The first-order valence-electron chi connectivity index (χ1n) is 15.3.